The van der Waals surface area contributed by atoms with E-state index >= 15 is 0 Å². The second-order valence-corrected chi connectivity index (χ2v) is 4.80. The van der Waals surface area contributed by atoms with Gasteiger partial charge in [-0.2, -0.15) is 0 Å². The average molecular weight is 250 g/mol. The molecular weight excluding hydrogens is 228 g/mol. The van der Waals surface area contributed by atoms with E-state index in [1.54, 1.807) is 7.11 Å². The molecule has 100 valence electrons. The SMILES string of the molecule is COc1cccc(CN(CCCO)C2CCC2)n1. The average Bonchev–Trinajstić information content (AvgIpc) is 2.34. The first-order valence-electron chi connectivity index (χ1n) is 6.68. The predicted octanol–water partition coefficient (Wildman–Crippen LogP) is 1.83. The highest BCUT2D eigenvalue weighted by Gasteiger charge is 2.24. The summed E-state index contributed by atoms with van der Waals surface area (Å²) in [6, 6.07) is 6.55. The van der Waals surface area contributed by atoms with Gasteiger partial charge in [-0.15, -0.1) is 0 Å². The van der Waals surface area contributed by atoms with Crippen LogP contribution in [-0.2, 0) is 6.54 Å². The van der Waals surface area contributed by atoms with Crippen molar-refractivity contribution < 1.29 is 9.84 Å². The third-order valence-corrected chi connectivity index (χ3v) is 3.55. The zero-order valence-electron chi connectivity index (χ0n) is 11.0. The molecule has 0 aromatic carbocycles. The van der Waals surface area contributed by atoms with Crippen LogP contribution in [0.5, 0.6) is 5.88 Å². The fraction of sp³-hybridized carbons (Fsp3) is 0.643. The summed E-state index contributed by atoms with van der Waals surface area (Å²) in [5.74, 6) is 0.670. The Hall–Kier alpha value is -1.13. The van der Waals surface area contributed by atoms with E-state index in [1.165, 1.54) is 19.3 Å². The van der Waals surface area contributed by atoms with Crippen LogP contribution in [0.25, 0.3) is 0 Å². The van der Waals surface area contributed by atoms with Crippen molar-refractivity contribution in [3.05, 3.63) is 23.9 Å². The molecule has 4 heteroatoms. The van der Waals surface area contributed by atoms with E-state index in [4.69, 9.17) is 9.84 Å². The molecule has 2 rings (SSSR count). The number of hydrogen-bond acceptors (Lipinski definition) is 4. The van der Waals surface area contributed by atoms with Crippen LogP contribution < -0.4 is 4.74 Å². The quantitative estimate of drug-likeness (QED) is 0.802. The normalized spacial score (nSPS) is 15.7. The molecule has 0 bridgehead atoms. The Morgan fingerprint density at radius 1 is 1.44 bits per heavy atom. The Labute approximate surface area is 109 Å². The first-order chi connectivity index (χ1) is 8.83. The fourth-order valence-electron chi connectivity index (χ4n) is 2.28. The highest BCUT2D eigenvalue weighted by atomic mass is 16.5. The van der Waals surface area contributed by atoms with Gasteiger partial charge in [0.1, 0.15) is 0 Å². The molecule has 1 aromatic rings. The molecule has 1 fully saturated rings. The van der Waals surface area contributed by atoms with E-state index in [1.807, 2.05) is 18.2 Å². The van der Waals surface area contributed by atoms with Crippen LogP contribution in [0.15, 0.2) is 18.2 Å². The van der Waals surface area contributed by atoms with Crippen molar-refractivity contribution in [1.29, 1.82) is 0 Å². The molecule has 0 amide bonds. The number of ether oxygens (including phenoxy) is 1. The summed E-state index contributed by atoms with van der Waals surface area (Å²) in [5, 5.41) is 8.97. The smallest absolute Gasteiger partial charge is 0.213 e. The molecule has 1 aliphatic carbocycles. The number of nitrogens with zero attached hydrogens (tertiary/aromatic N) is 2. The summed E-state index contributed by atoms with van der Waals surface area (Å²) >= 11 is 0. The van der Waals surface area contributed by atoms with Gasteiger partial charge in [0.25, 0.3) is 0 Å². The molecule has 1 N–H and O–H groups in total. The second-order valence-electron chi connectivity index (χ2n) is 4.80. The highest BCUT2D eigenvalue weighted by Crippen LogP contribution is 2.26. The van der Waals surface area contributed by atoms with Gasteiger partial charge in [0.2, 0.25) is 5.88 Å². The summed E-state index contributed by atoms with van der Waals surface area (Å²) in [6.45, 7) is 2.05. The van der Waals surface area contributed by atoms with Crippen molar-refractivity contribution in [3.8, 4) is 5.88 Å². The van der Waals surface area contributed by atoms with Crippen molar-refractivity contribution in [2.24, 2.45) is 0 Å². The van der Waals surface area contributed by atoms with E-state index in [0.717, 1.165) is 25.2 Å². The van der Waals surface area contributed by atoms with Crippen molar-refractivity contribution in [1.82, 2.24) is 9.88 Å². The lowest BCUT2D eigenvalue weighted by Crippen LogP contribution is -2.40. The zero-order chi connectivity index (χ0) is 12.8. The van der Waals surface area contributed by atoms with Crippen LogP contribution in [0, 0.1) is 0 Å². The van der Waals surface area contributed by atoms with Gasteiger partial charge in [-0.25, -0.2) is 4.98 Å². The Kier molecular flexibility index (Phi) is 4.96. The van der Waals surface area contributed by atoms with Crippen LogP contribution >= 0.6 is 0 Å². The maximum atomic E-state index is 8.97. The lowest BCUT2D eigenvalue weighted by Gasteiger charge is -2.37. The molecule has 0 spiro atoms. The molecule has 4 nitrogen and oxygen atoms in total. The molecular formula is C14H22N2O2. The summed E-state index contributed by atoms with van der Waals surface area (Å²) in [5.41, 5.74) is 1.04. The second kappa shape index (κ2) is 6.71. The van der Waals surface area contributed by atoms with Gasteiger partial charge in [0, 0.05) is 31.8 Å². The monoisotopic (exact) mass is 250 g/mol. The van der Waals surface area contributed by atoms with Crippen LogP contribution in [0.3, 0.4) is 0 Å². The van der Waals surface area contributed by atoms with Crippen molar-refractivity contribution in [2.75, 3.05) is 20.3 Å². The fourth-order valence-corrected chi connectivity index (χ4v) is 2.28. The maximum Gasteiger partial charge on any atom is 0.213 e. The van der Waals surface area contributed by atoms with Crippen molar-refractivity contribution in [3.63, 3.8) is 0 Å². The largest absolute Gasteiger partial charge is 0.481 e. The number of aromatic nitrogens is 1. The molecule has 0 radical (unpaired) electrons. The van der Waals surface area contributed by atoms with Crippen molar-refractivity contribution >= 4 is 0 Å². The molecule has 0 aliphatic heterocycles. The van der Waals surface area contributed by atoms with Gasteiger partial charge in [-0.3, -0.25) is 4.90 Å². The number of aliphatic hydroxyl groups excluding tert-OH is 1. The molecule has 1 aliphatic rings. The van der Waals surface area contributed by atoms with Crippen LogP contribution in [0.1, 0.15) is 31.4 Å². The molecule has 0 unspecified atom stereocenters. The molecule has 18 heavy (non-hydrogen) atoms. The summed E-state index contributed by atoms with van der Waals surface area (Å²) in [7, 11) is 1.64. The van der Waals surface area contributed by atoms with E-state index < -0.39 is 0 Å². The Morgan fingerprint density at radius 3 is 2.89 bits per heavy atom. The lowest BCUT2D eigenvalue weighted by atomic mass is 9.91. The molecule has 1 saturated carbocycles. The predicted molar refractivity (Wildman–Crippen MR) is 70.5 cm³/mol. The highest BCUT2D eigenvalue weighted by molar-refractivity contribution is 5.15. The van der Waals surface area contributed by atoms with E-state index in [0.29, 0.717) is 11.9 Å². The van der Waals surface area contributed by atoms with Gasteiger partial charge >= 0.3 is 0 Å². The minimum atomic E-state index is 0.259. The molecule has 0 atom stereocenters. The minimum absolute atomic E-state index is 0.259. The van der Waals surface area contributed by atoms with E-state index in [-0.39, 0.29) is 6.61 Å². The van der Waals surface area contributed by atoms with Gasteiger partial charge < -0.3 is 9.84 Å². The summed E-state index contributed by atoms with van der Waals surface area (Å²) in [4.78, 5) is 6.89. The topological polar surface area (TPSA) is 45.6 Å². The first-order valence-corrected chi connectivity index (χ1v) is 6.68. The molecule has 1 heterocycles. The van der Waals surface area contributed by atoms with E-state index in [2.05, 4.69) is 9.88 Å². The molecule has 0 saturated heterocycles. The van der Waals surface area contributed by atoms with Gasteiger partial charge in [-0.1, -0.05) is 12.5 Å². The van der Waals surface area contributed by atoms with Crippen molar-refractivity contribution in [2.45, 2.75) is 38.3 Å². The number of aliphatic hydroxyl groups is 1. The van der Waals surface area contributed by atoms with Crippen LogP contribution in [-0.4, -0.2) is 41.3 Å². The Bertz CT molecular complexity index is 367. The lowest BCUT2D eigenvalue weighted by molar-refractivity contribution is 0.108. The molecule has 1 aromatic heterocycles. The van der Waals surface area contributed by atoms with Gasteiger partial charge in [0.05, 0.1) is 12.8 Å². The van der Waals surface area contributed by atoms with Crippen LogP contribution in [0.2, 0.25) is 0 Å². The summed E-state index contributed by atoms with van der Waals surface area (Å²) < 4.78 is 5.15. The van der Waals surface area contributed by atoms with Gasteiger partial charge in [0.15, 0.2) is 0 Å². The van der Waals surface area contributed by atoms with Gasteiger partial charge in [-0.05, 0) is 25.3 Å². The number of pyridine rings is 1. The Balaban J connectivity index is 1.97. The number of methoxy groups -OCH3 is 1. The standard InChI is InChI=1S/C14H22N2O2/c1-18-14-8-2-5-12(15-14)11-16(9-4-10-17)13-6-3-7-13/h2,5,8,13,17H,3-4,6-7,9-11H2,1H3. The van der Waals surface area contributed by atoms with E-state index in [9.17, 15) is 0 Å². The zero-order valence-corrected chi connectivity index (χ0v) is 11.0. The van der Waals surface area contributed by atoms with Crippen LogP contribution in [0.4, 0.5) is 0 Å². The minimum Gasteiger partial charge on any atom is -0.481 e. The number of hydrogen-bond donors (Lipinski definition) is 1. The number of rotatable bonds is 7. The maximum absolute atomic E-state index is 8.97. The summed E-state index contributed by atoms with van der Waals surface area (Å²) in [6.07, 6.45) is 4.71. The Morgan fingerprint density at radius 2 is 2.28 bits per heavy atom. The first kappa shape index (κ1) is 13.3. The third kappa shape index (κ3) is 3.43. The third-order valence-electron chi connectivity index (χ3n) is 3.55.